The Morgan fingerprint density at radius 3 is 2.21 bits per heavy atom. The first-order valence-electron chi connectivity index (χ1n) is 9.80. The number of imide groups is 1. The van der Waals surface area contributed by atoms with Crippen LogP contribution in [0, 0.1) is 0 Å². The molecule has 0 fully saturated rings. The van der Waals surface area contributed by atoms with Crippen LogP contribution in [0.5, 0.6) is 0 Å². The number of fused-ring (bicyclic) bond motifs is 1. The van der Waals surface area contributed by atoms with Crippen LogP contribution in [0.1, 0.15) is 42.2 Å². The number of carbonyl (C=O) groups excluding carboxylic acids is 3. The molecule has 0 saturated heterocycles. The lowest BCUT2D eigenvalue weighted by molar-refractivity contribution is -0.138. The maximum Gasteiger partial charge on any atom is 0.416 e. The molecule has 0 aliphatic carbocycles. The van der Waals surface area contributed by atoms with Gasteiger partial charge in [0.15, 0.2) is 4.67 Å². The maximum atomic E-state index is 13.5. The first kappa shape index (κ1) is 22.8. The topological polar surface area (TPSA) is 79.6 Å². The van der Waals surface area contributed by atoms with Gasteiger partial charge in [-0.2, -0.15) is 13.2 Å². The van der Waals surface area contributed by atoms with E-state index in [1.54, 1.807) is 12.1 Å². The summed E-state index contributed by atoms with van der Waals surface area (Å²) in [5.74, 6) is -1.74. The van der Waals surface area contributed by atoms with E-state index in [2.05, 4.69) is 21.2 Å². The number of halogens is 4. The summed E-state index contributed by atoms with van der Waals surface area (Å²) in [6, 6.07) is 11.6. The summed E-state index contributed by atoms with van der Waals surface area (Å²) in [6.07, 6.45) is -3.67. The van der Waals surface area contributed by atoms with Crippen molar-refractivity contribution in [3.63, 3.8) is 0 Å². The van der Waals surface area contributed by atoms with Crippen LogP contribution in [-0.2, 0) is 12.6 Å². The summed E-state index contributed by atoms with van der Waals surface area (Å²) in [5, 5.41) is 2.64. The van der Waals surface area contributed by atoms with Crippen molar-refractivity contribution in [1.82, 2.24) is 10.2 Å². The smallest absolute Gasteiger partial charge is 0.416 e. The Balaban J connectivity index is 1.63. The lowest BCUT2D eigenvalue weighted by Crippen LogP contribution is -2.47. The molecule has 0 radical (unpaired) electrons. The average Bonchev–Trinajstić information content (AvgIpc) is 3.31. The lowest BCUT2D eigenvalue weighted by Gasteiger charge is -2.25. The van der Waals surface area contributed by atoms with E-state index in [0.717, 1.165) is 11.0 Å². The second kappa shape index (κ2) is 8.86. The molecular weight excluding hydrogens is 505 g/mol. The van der Waals surface area contributed by atoms with Gasteiger partial charge >= 0.3 is 6.18 Å². The van der Waals surface area contributed by atoms with Crippen LogP contribution in [0.3, 0.4) is 0 Å². The van der Waals surface area contributed by atoms with E-state index in [-0.39, 0.29) is 35.2 Å². The summed E-state index contributed by atoms with van der Waals surface area (Å²) in [4.78, 5) is 39.2. The minimum atomic E-state index is -4.60. The average molecular weight is 521 g/mol. The van der Waals surface area contributed by atoms with Crippen molar-refractivity contribution in [1.29, 1.82) is 0 Å². The van der Waals surface area contributed by atoms with Gasteiger partial charge in [0.1, 0.15) is 6.26 Å². The highest BCUT2D eigenvalue weighted by Crippen LogP contribution is 2.32. The summed E-state index contributed by atoms with van der Waals surface area (Å²) in [5.41, 5.74) is -0.361. The van der Waals surface area contributed by atoms with Crippen molar-refractivity contribution >= 4 is 33.7 Å². The zero-order chi connectivity index (χ0) is 23.8. The molecule has 1 aliphatic rings. The first-order chi connectivity index (χ1) is 15.6. The highest BCUT2D eigenvalue weighted by atomic mass is 79.9. The minimum Gasteiger partial charge on any atom is -0.457 e. The van der Waals surface area contributed by atoms with Crippen molar-refractivity contribution < 1.29 is 32.0 Å². The monoisotopic (exact) mass is 520 g/mol. The molecule has 1 aromatic heterocycles. The van der Waals surface area contributed by atoms with Crippen molar-refractivity contribution in [2.24, 2.45) is 0 Å². The molecule has 1 N–H and O–H groups in total. The third-order valence-corrected chi connectivity index (χ3v) is 5.65. The molecule has 0 saturated carbocycles. The summed E-state index contributed by atoms with van der Waals surface area (Å²) in [6.45, 7) is -0.302. The number of nitrogens with one attached hydrogen (secondary N) is 1. The van der Waals surface area contributed by atoms with Crippen LogP contribution in [-0.4, -0.2) is 35.2 Å². The third kappa shape index (κ3) is 4.70. The quantitative estimate of drug-likeness (QED) is 0.478. The summed E-state index contributed by atoms with van der Waals surface area (Å²) in [7, 11) is 0. The predicted molar refractivity (Wildman–Crippen MR) is 115 cm³/mol. The fraction of sp³-hybridized carbons (Fsp3) is 0.174. The molecule has 3 aromatic rings. The van der Waals surface area contributed by atoms with Gasteiger partial charge < -0.3 is 9.73 Å². The molecule has 1 aliphatic heterocycles. The standard InChI is InChI=1S/C23H16BrF3N2O4/c24-19-10-14(12-33-19)20(30)28-15(9-13-5-1-4-8-18(13)23(25,26)27)11-29-21(31)16-6-2-3-7-17(16)22(29)32/h1-8,10,12,15H,9,11H2,(H,28,30). The fourth-order valence-electron chi connectivity index (χ4n) is 3.72. The van der Waals surface area contributed by atoms with E-state index < -0.39 is 35.5 Å². The molecule has 2 aromatic carbocycles. The number of nitrogens with zero attached hydrogens (tertiary/aromatic N) is 1. The van der Waals surface area contributed by atoms with Crippen LogP contribution in [0.15, 0.2) is 69.9 Å². The molecule has 170 valence electrons. The van der Waals surface area contributed by atoms with Gasteiger partial charge in [-0.15, -0.1) is 0 Å². The van der Waals surface area contributed by atoms with Gasteiger partial charge in [0.25, 0.3) is 17.7 Å². The van der Waals surface area contributed by atoms with Gasteiger partial charge in [-0.1, -0.05) is 30.3 Å². The second-order valence-electron chi connectivity index (χ2n) is 7.44. The van der Waals surface area contributed by atoms with Gasteiger partial charge in [-0.3, -0.25) is 19.3 Å². The van der Waals surface area contributed by atoms with Gasteiger partial charge in [0.2, 0.25) is 0 Å². The maximum absolute atomic E-state index is 13.5. The lowest BCUT2D eigenvalue weighted by atomic mass is 9.99. The zero-order valence-electron chi connectivity index (χ0n) is 16.9. The number of furan rings is 1. The van der Waals surface area contributed by atoms with Crippen LogP contribution >= 0.6 is 15.9 Å². The van der Waals surface area contributed by atoms with E-state index >= 15 is 0 Å². The van der Waals surface area contributed by atoms with Crippen LogP contribution in [0.4, 0.5) is 13.2 Å². The third-order valence-electron chi connectivity index (χ3n) is 5.24. The molecule has 1 unspecified atom stereocenters. The molecule has 4 rings (SSSR count). The van der Waals surface area contributed by atoms with Crippen molar-refractivity contribution in [3.8, 4) is 0 Å². The number of rotatable bonds is 6. The van der Waals surface area contributed by atoms with Gasteiger partial charge in [0.05, 0.1) is 28.3 Å². The van der Waals surface area contributed by atoms with Gasteiger partial charge in [-0.05, 0) is 46.1 Å². The van der Waals surface area contributed by atoms with E-state index in [0.29, 0.717) is 4.67 Å². The molecule has 10 heteroatoms. The van der Waals surface area contributed by atoms with E-state index in [1.165, 1.54) is 42.7 Å². The summed E-state index contributed by atoms with van der Waals surface area (Å²) >= 11 is 3.09. The Morgan fingerprint density at radius 2 is 1.64 bits per heavy atom. The number of hydrogen-bond acceptors (Lipinski definition) is 4. The van der Waals surface area contributed by atoms with Crippen molar-refractivity contribution in [2.45, 2.75) is 18.6 Å². The second-order valence-corrected chi connectivity index (χ2v) is 8.22. The van der Waals surface area contributed by atoms with Gasteiger partial charge in [-0.25, -0.2) is 0 Å². The zero-order valence-corrected chi connectivity index (χ0v) is 18.4. The van der Waals surface area contributed by atoms with E-state index in [1.807, 2.05) is 0 Å². The number of carbonyl (C=O) groups is 3. The fourth-order valence-corrected chi connectivity index (χ4v) is 4.06. The van der Waals surface area contributed by atoms with Crippen LogP contribution in [0.2, 0.25) is 0 Å². The van der Waals surface area contributed by atoms with Crippen molar-refractivity contribution in [2.75, 3.05) is 6.54 Å². The SMILES string of the molecule is O=C(NC(Cc1ccccc1C(F)(F)F)CN1C(=O)c2ccccc2C1=O)c1coc(Br)c1. The van der Waals surface area contributed by atoms with Gasteiger partial charge in [0, 0.05) is 12.6 Å². The molecule has 3 amide bonds. The Labute approximate surface area is 194 Å². The normalized spacial score (nSPS) is 14.4. The Bertz CT molecular complexity index is 1200. The molecule has 0 bridgehead atoms. The van der Waals surface area contributed by atoms with Crippen LogP contribution < -0.4 is 5.32 Å². The van der Waals surface area contributed by atoms with E-state index in [4.69, 9.17) is 4.42 Å². The number of alkyl halides is 3. The molecular formula is C23H16BrF3N2O4. The van der Waals surface area contributed by atoms with E-state index in [9.17, 15) is 27.6 Å². The minimum absolute atomic E-state index is 0.0692. The molecule has 6 nitrogen and oxygen atoms in total. The first-order valence-corrected chi connectivity index (χ1v) is 10.6. The molecule has 2 heterocycles. The highest BCUT2D eigenvalue weighted by molar-refractivity contribution is 9.10. The Hall–Kier alpha value is -3.40. The Morgan fingerprint density at radius 1 is 1.03 bits per heavy atom. The number of benzene rings is 2. The molecule has 0 spiro atoms. The largest absolute Gasteiger partial charge is 0.457 e. The Kier molecular flexibility index (Phi) is 6.11. The molecule has 33 heavy (non-hydrogen) atoms. The molecule has 1 atom stereocenters. The van der Waals surface area contributed by atoms with Crippen molar-refractivity contribution in [3.05, 3.63) is 93.3 Å². The summed E-state index contributed by atoms with van der Waals surface area (Å²) < 4.78 is 45.9. The van der Waals surface area contributed by atoms with Crippen LogP contribution in [0.25, 0.3) is 0 Å². The highest BCUT2D eigenvalue weighted by Gasteiger charge is 2.38. The number of hydrogen-bond donors (Lipinski definition) is 1. The number of amides is 3. The predicted octanol–water partition coefficient (Wildman–Crippen LogP) is 4.70.